The van der Waals surface area contributed by atoms with E-state index in [4.69, 9.17) is 4.74 Å². The van der Waals surface area contributed by atoms with E-state index in [1.54, 1.807) is 12.1 Å². The van der Waals surface area contributed by atoms with Gasteiger partial charge in [0.25, 0.3) is 0 Å². The average molecular weight is 255 g/mol. The summed E-state index contributed by atoms with van der Waals surface area (Å²) in [6.45, 7) is 8.15. The van der Waals surface area contributed by atoms with Crippen LogP contribution in [0.5, 0.6) is 0 Å². The van der Waals surface area contributed by atoms with Crippen molar-refractivity contribution in [3.8, 4) is 0 Å². The molecule has 1 unspecified atom stereocenters. The first-order valence-corrected chi connectivity index (χ1v) is 6.10. The number of aryl methyl sites for hydroxylation is 1. The summed E-state index contributed by atoms with van der Waals surface area (Å²) >= 11 is 0. The molecule has 0 aliphatic carbocycles. The molecule has 0 heterocycles. The highest BCUT2D eigenvalue weighted by Crippen LogP contribution is 2.15. The fraction of sp³-hybridized carbons (Fsp3) is 0.571. The number of benzene rings is 1. The van der Waals surface area contributed by atoms with Crippen LogP contribution in [0.3, 0.4) is 0 Å². The first-order chi connectivity index (χ1) is 8.28. The molecule has 4 heteroatoms. The third-order valence-electron chi connectivity index (χ3n) is 2.36. The number of aliphatic hydroxyl groups is 1. The number of nitrogens with one attached hydrogen (secondary N) is 1. The van der Waals surface area contributed by atoms with E-state index in [0.717, 1.165) is 5.56 Å². The standard InChI is InChI=1S/C14H22FNO2/c1-10-5-6-12(15)13(7-10)16-8-11(17)9-18-14(2,3)4/h5-7,11,16-17H,8-9H2,1-4H3. The second-order valence-corrected chi connectivity index (χ2v) is 5.44. The van der Waals surface area contributed by atoms with Crippen molar-refractivity contribution in [3.05, 3.63) is 29.6 Å². The van der Waals surface area contributed by atoms with Crippen molar-refractivity contribution in [2.75, 3.05) is 18.5 Å². The van der Waals surface area contributed by atoms with Gasteiger partial charge in [0, 0.05) is 6.54 Å². The quantitative estimate of drug-likeness (QED) is 0.850. The summed E-state index contributed by atoms with van der Waals surface area (Å²) in [5, 5.41) is 12.6. The van der Waals surface area contributed by atoms with Gasteiger partial charge in [0.15, 0.2) is 0 Å². The molecule has 2 N–H and O–H groups in total. The van der Waals surface area contributed by atoms with Crippen molar-refractivity contribution in [3.63, 3.8) is 0 Å². The number of hydrogen-bond donors (Lipinski definition) is 2. The summed E-state index contributed by atoms with van der Waals surface area (Å²) in [4.78, 5) is 0. The fourth-order valence-electron chi connectivity index (χ4n) is 1.41. The second-order valence-electron chi connectivity index (χ2n) is 5.44. The van der Waals surface area contributed by atoms with Gasteiger partial charge in [-0.3, -0.25) is 0 Å². The minimum Gasteiger partial charge on any atom is -0.389 e. The monoisotopic (exact) mass is 255 g/mol. The molecule has 0 aliphatic rings. The Morgan fingerprint density at radius 2 is 2.06 bits per heavy atom. The Balaban J connectivity index is 2.42. The molecule has 102 valence electrons. The molecule has 0 bridgehead atoms. The minimum atomic E-state index is -0.663. The third kappa shape index (κ3) is 5.47. The Morgan fingerprint density at radius 1 is 1.39 bits per heavy atom. The summed E-state index contributed by atoms with van der Waals surface area (Å²) in [7, 11) is 0. The van der Waals surface area contributed by atoms with E-state index in [1.165, 1.54) is 6.07 Å². The lowest BCUT2D eigenvalue weighted by Gasteiger charge is -2.22. The molecule has 0 saturated carbocycles. The van der Waals surface area contributed by atoms with Gasteiger partial charge in [-0.2, -0.15) is 0 Å². The largest absolute Gasteiger partial charge is 0.389 e. The van der Waals surface area contributed by atoms with Crippen LogP contribution in [0.25, 0.3) is 0 Å². The van der Waals surface area contributed by atoms with Gasteiger partial charge >= 0.3 is 0 Å². The summed E-state index contributed by atoms with van der Waals surface area (Å²) in [6.07, 6.45) is -0.663. The van der Waals surface area contributed by atoms with Gasteiger partial charge in [-0.15, -0.1) is 0 Å². The Morgan fingerprint density at radius 3 is 2.67 bits per heavy atom. The lowest BCUT2D eigenvalue weighted by molar-refractivity contribution is -0.0449. The maximum atomic E-state index is 13.4. The van der Waals surface area contributed by atoms with E-state index >= 15 is 0 Å². The van der Waals surface area contributed by atoms with Crippen LogP contribution < -0.4 is 5.32 Å². The molecule has 0 aliphatic heterocycles. The smallest absolute Gasteiger partial charge is 0.146 e. The molecule has 0 spiro atoms. The zero-order chi connectivity index (χ0) is 13.8. The highest BCUT2D eigenvalue weighted by Gasteiger charge is 2.13. The van der Waals surface area contributed by atoms with Gasteiger partial charge in [-0.25, -0.2) is 4.39 Å². The Labute approximate surface area is 108 Å². The molecule has 0 radical (unpaired) electrons. The van der Waals surface area contributed by atoms with E-state index in [1.807, 2.05) is 27.7 Å². The molecule has 1 atom stereocenters. The van der Waals surface area contributed by atoms with Crippen molar-refractivity contribution in [2.45, 2.75) is 39.4 Å². The predicted octanol–water partition coefficient (Wildman–Crippen LogP) is 2.72. The summed E-state index contributed by atoms with van der Waals surface area (Å²) < 4.78 is 18.9. The van der Waals surface area contributed by atoms with E-state index in [-0.39, 0.29) is 24.6 Å². The lowest BCUT2D eigenvalue weighted by atomic mass is 10.2. The van der Waals surface area contributed by atoms with Crippen LogP contribution in [-0.4, -0.2) is 30.0 Å². The van der Waals surface area contributed by atoms with Gasteiger partial charge < -0.3 is 15.2 Å². The number of halogens is 1. The highest BCUT2D eigenvalue weighted by atomic mass is 19.1. The number of anilines is 1. The van der Waals surface area contributed by atoms with Gasteiger partial charge in [-0.1, -0.05) is 6.07 Å². The van der Waals surface area contributed by atoms with Crippen LogP contribution in [0.1, 0.15) is 26.3 Å². The zero-order valence-corrected chi connectivity index (χ0v) is 11.5. The van der Waals surface area contributed by atoms with E-state index in [2.05, 4.69) is 5.32 Å². The normalized spacial score (nSPS) is 13.4. The van der Waals surface area contributed by atoms with E-state index < -0.39 is 6.10 Å². The van der Waals surface area contributed by atoms with Crippen LogP contribution in [0.4, 0.5) is 10.1 Å². The van der Waals surface area contributed by atoms with Crippen molar-refractivity contribution in [1.29, 1.82) is 0 Å². The lowest BCUT2D eigenvalue weighted by Crippen LogP contribution is -2.30. The summed E-state index contributed by atoms with van der Waals surface area (Å²) in [5.41, 5.74) is 1.10. The number of aliphatic hydroxyl groups excluding tert-OH is 1. The van der Waals surface area contributed by atoms with Crippen molar-refractivity contribution in [1.82, 2.24) is 0 Å². The zero-order valence-electron chi connectivity index (χ0n) is 11.5. The van der Waals surface area contributed by atoms with Crippen LogP contribution in [0, 0.1) is 12.7 Å². The van der Waals surface area contributed by atoms with Gasteiger partial charge in [0.05, 0.1) is 24.0 Å². The van der Waals surface area contributed by atoms with Crippen molar-refractivity contribution in [2.24, 2.45) is 0 Å². The molecule has 3 nitrogen and oxygen atoms in total. The van der Waals surface area contributed by atoms with E-state index in [9.17, 15) is 9.50 Å². The molecule has 0 saturated heterocycles. The maximum absolute atomic E-state index is 13.4. The van der Waals surface area contributed by atoms with Gasteiger partial charge in [0.2, 0.25) is 0 Å². The SMILES string of the molecule is Cc1ccc(F)c(NCC(O)COC(C)(C)C)c1. The fourth-order valence-corrected chi connectivity index (χ4v) is 1.41. The molecule has 1 aromatic rings. The predicted molar refractivity (Wildman–Crippen MR) is 71.3 cm³/mol. The Hall–Kier alpha value is -1.13. The molecular weight excluding hydrogens is 233 g/mol. The van der Waals surface area contributed by atoms with Crippen molar-refractivity contribution >= 4 is 5.69 Å². The average Bonchev–Trinajstić information content (AvgIpc) is 2.26. The topological polar surface area (TPSA) is 41.5 Å². The Bertz CT molecular complexity index is 388. The van der Waals surface area contributed by atoms with Crippen molar-refractivity contribution < 1.29 is 14.2 Å². The summed E-state index contributed by atoms with van der Waals surface area (Å²) in [6, 6.07) is 4.84. The minimum absolute atomic E-state index is 0.226. The number of hydrogen-bond acceptors (Lipinski definition) is 3. The van der Waals surface area contributed by atoms with Crippen LogP contribution in [0.15, 0.2) is 18.2 Å². The first-order valence-electron chi connectivity index (χ1n) is 6.10. The Kier molecular flexibility index (Phi) is 5.11. The number of rotatable bonds is 5. The molecular formula is C14H22FNO2. The maximum Gasteiger partial charge on any atom is 0.146 e. The molecule has 1 rings (SSSR count). The molecule has 0 aromatic heterocycles. The highest BCUT2D eigenvalue weighted by molar-refractivity contribution is 5.47. The third-order valence-corrected chi connectivity index (χ3v) is 2.36. The first kappa shape index (κ1) is 14.9. The second kappa shape index (κ2) is 6.16. The number of ether oxygens (including phenoxy) is 1. The molecule has 1 aromatic carbocycles. The van der Waals surface area contributed by atoms with Crippen LogP contribution in [0.2, 0.25) is 0 Å². The molecule has 18 heavy (non-hydrogen) atoms. The van der Waals surface area contributed by atoms with Crippen LogP contribution >= 0.6 is 0 Å². The van der Waals surface area contributed by atoms with Crippen LogP contribution in [-0.2, 0) is 4.74 Å². The molecule has 0 fully saturated rings. The molecule has 0 amide bonds. The van der Waals surface area contributed by atoms with Gasteiger partial charge in [0.1, 0.15) is 5.82 Å². The van der Waals surface area contributed by atoms with E-state index in [0.29, 0.717) is 5.69 Å². The van der Waals surface area contributed by atoms with Gasteiger partial charge in [-0.05, 0) is 45.4 Å². The summed E-state index contributed by atoms with van der Waals surface area (Å²) in [5.74, 6) is -0.315.